The topological polar surface area (TPSA) is 33.4 Å². The number of aliphatic hydroxyl groups is 1. The van der Waals surface area contributed by atoms with Crippen molar-refractivity contribution in [1.82, 2.24) is 0 Å². The molecule has 1 aromatic rings. The Hall–Kier alpha value is -1.02. The molecule has 2 rings (SSSR count). The van der Waals surface area contributed by atoms with Gasteiger partial charge in [-0.3, -0.25) is 0 Å². The van der Waals surface area contributed by atoms with E-state index in [1.807, 2.05) is 19.1 Å². The molecule has 16 heavy (non-hydrogen) atoms. The number of furan rings is 1. The molecular formula is C14H20O2. The highest BCUT2D eigenvalue weighted by Gasteiger charge is 2.17. The third-order valence-electron chi connectivity index (χ3n) is 3.21. The fraction of sp³-hybridized carbons (Fsp3) is 0.571. The first kappa shape index (κ1) is 11.5. The normalized spacial score (nSPS) is 23.0. The lowest BCUT2D eigenvalue weighted by Crippen LogP contribution is -2.02. The highest BCUT2D eigenvalue weighted by molar-refractivity contribution is 5.19. The molecule has 2 heteroatoms. The van der Waals surface area contributed by atoms with Gasteiger partial charge in [-0.05, 0) is 50.3 Å². The molecule has 2 nitrogen and oxygen atoms in total. The predicted octanol–water partition coefficient (Wildman–Crippen LogP) is 3.90. The number of aryl methyl sites for hydroxylation is 1. The first-order valence-corrected chi connectivity index (χ1v) is 6.20. The minimum Gasteiger partial charge on any atom is -0.463 e. The molecular weight excluding hydrogens is 200 g/mol. The van der Waals surface area contributed by atoms with Gasteiger partial charge in [0.2, 0.25) is 0 Å². The number of hydrogen-bond acceptors (Lipinski definition) is 2. The van der Waals surface area contributed by atoms with Crippen LogP contribution in [0.4, 0.5) is 0 Å². The summed E-state index contributed by atoms with van der Waals surface area (Å²) in [5.41, 5.74) is 1.13. The Balaban J connectivity index is 2.09. The van der Waals surface area contributed by atoms with Gasteiger partial charge in [-0.25, -0.2) is 0 Å². The van der Waals surface area contributed by atoms with E-state index in [-0.39, 0.29) is 0 Å². The summed E-state index contributed by atoms with van der Waals surface area (Å²) < 4.78 is 5.48. The van der Waals surface area contributed by atoms with Crippen molar-refractivity contribution in [3.8, 4) is 0 Å². The largest absolute Gasteiger partial charge is 0.463 e. The van der Waals surface area contributed by atoms with Crippen LogP contribution in [0.3, 0.4) is 0 Å². The van der Waals surface area contributed by atoms with Crippen LogP contribution in [0.2, 0.25) is 0 Å². The maximum atomic E-state index is 10.2. The highest BCUT2D eigenvalue weighted by atomic mass is 16.4. The fourth-order valence-electron chi connectivity index (χ4n) is 2.25. The molecule has 0 saturated heterocycles. The standard InChI is InChI=1S/C14H20O2/c1-11-9-10-13(16-11)14(15)12-7-5-3-2-4-6-8-12/h7,9-10,14-15H,2-6,8H2,1H3/b12-7+. The van der Waals surface area contributed by atoms with Crippen molar-refractivity contribution in [1.29, 1.82) is 0 Å². The smallest absolute Gasteiger partial charge is 0.136 e. The first-order chi connectivity index (χ1) is 7.77. The zero-order valence-electron chi connectivity index (χ0n) is 9.91. The quantitative estimate of drug-likeness (QED) is 0.767. The first-order valence-electron chi connectivity index (χ1n) is 6.20. The third kappa shape index (κ3) is 2.76. The summed E-state index contributed by atoms with van der Waals surface area (Å²) in [6.45, 7) is 1.91. The number of aliphatic hydroxyl groups excluding tert-OH is 1. The van der Waals surface area contributed by atoms with Crippen LogP contribution in [0.1, 0.15) is 56.1 Å². The Labute approximate surface area is 97.0 Å². The van der Waals surface area contributed by atoms with Crippen LogP contribution in [-0.4, -0.2) is 5.11 Å². The molecule has 1 aliphatic rings. The summed E-state index contributed by atoms with van der Waals surface area (Å²) >= 11 is 0. The molecule has 0 aliphatic heterocycles. The van der Waals surface area contributed by atoms with Gasteiger partial charge in [0.05, 0.1) is 0 Å². The highest BCUT2D eigenvalue weighted by Crippen LogP contribution is 2.29. The van der Waals surface area contributed by atoms with Crippen molar-refractivity contribution in [2.45, 2.75) is 51.6 Å². The van der Waals surface area contributed by atoms with Crippen LogP contribution >= 0.6 is 0 Å². The molecule has 1 aromatic heterocycles. The third-order valence-corrected chi connectivity index (χ3v) is 3.21. The van der Waals surface area contributed by atoms with Gasteiger partial charge in [0, 0.05) is 0 Å². The molecule has 1 unspecified atom stereocenters. The molecule has 0 fully saturated rings. The van der Waals surface area contributed by atoms with Crippen LogP contribution in [0.5, 0.6) is 0 Å². The molecule has 0 saturated carbocycles. The van der Waals surface area contributed by atoms with Crippen LogP contribution in [0.15, 0.2) is 28.2 Å². The van der Waals surface area contributed by atoms with Crippen LogP contribution < -0.4 is 0 Å². The average Bonchev–Trinajstić information content (AvgIpc) is 2.63. The van der Waals surface area contributed by atoms with Crippen molar-refractivity contribution in [2.75, 3.05) is 0 Å². The predicted molar refractivity (Wildman–Crippen MR) is 64.2 cm³/mol. The molecule has 1 heterocycles. The molecule has 88 valence electrons. The Morgan fingerprint density at radius 2 is 2.00 bits per heavy atom. The van der Waals surface area contributed by atoms with E-state index in [0.29, 0.717) is 5.76 Å². The van der Waals surface area contributed by atoms with E-state index in [9.17, 15) is 5.11 Å². The maximum absolute atomic E-state index is 10.2. The maximum Gasteiger partial charge on any atom is 0.136 e. The van der Waals surface area contributed by atoms with Crippen molar-refractivity contribution in [3.05, 3.63) is 35.3 Å². The van der Waals surface area contributed by atoms with Crippen LogP contribution in [-0.2, 0) is 0 Å². The van der Waals surface area contributed by atoms with E-state index in [0.717, 1.165) is 24.2 Å². The average molecular weight is 220 g/mol. The van der Waals surface area contributed by atoms with E-state index in [4.69, 9.17) is 4.42 Å². The Bertz CT molecular complexity index is 363. The monoisotopic (exact) mass is 220 g/mol. The SMILES string of the molecule is Cc1ccc(C(O)/C2=C/CCCCCC2)o1. The second kappa shape index (κ2) is 5.35. The van der Waals surface area contributed by atoms with E-state index in [1.54, 1.807) is 0 Å². The number of rotatable bonds is 2. The zero-order valence-corrected chi connectivity index (χ0v) is 9.91. The lowest BCUT2D eigenvalue weighted by atomic mass is 9.95. The van der Waals surface area contributed by atoms with E-state index in [1.165, 1.54) is 25.7 Å². The minimum atomic E-state index is -0.535. The molecule has 0 amide bonds. The van der Waals surface area contributed by atoms with Gasteiger partial charge in [0.1, 0.15) is 17.6 Å². The summed E-state index contributed by atoms with van der Waals surface area (Å²) in [5.74, 6) is 1.55. The summed E-state index contributed by atoms with van der Waals surface area (Å²) in [6.07, 6.45) is 8.78. The summed E-state index contributed by atoms with van der Waals surface area (Å²) in [6, 6.07) is 3.78. The molecule has 1 N–H and O–H groups in total. The zero-order chi connectivity index (χ0) is 11.4. The van der Waals surface area contributed by atoms with Crippen molar-refractivity contribution in [3.63, 3.8) is 0 Å². The Morgan fingerprint density at radius 3 is 2.75 bits per heavy atom. The van der Waals surface area contributed by atoms with E-state index in [2.05, 4.69) is 6.08 Å². The van der Waals surface area contributed by atoms with Crippen molar-refractivity contribution >= 4 is 0 Å². The van der Waals surface area contributed by atoms with Gasteiger partial charge < -0.3 is 9.52 Å². The van der Waals surface area contributed by atoms with Crippen LogP contribution in [0.25, 0.3) is 0 Å². The Kier molecular flexibility index (Phi) is 3.83. The second-order valence-corrected chi connectivity index (χ2v) is 4.58. The van der Waals surface area contributed by atoms with Gasteiger partial charge >= 0.3 is 0 Å². The Morgan fingerprint density at radius 1 is 1.19 bits per heavy atom. The lowest BCUT2D eigenvalue weighted by Gasteiger charge is -2.15. The van der Waals surface area contributed by atoms with Gasteiger partial charge in [0.15, 0.2) is 0 Å². The van der Waals surface area contributed by atoms with E-state index < -0.39 is 6.10 Å². The molecule has 1 aliphatic carbocycles. The van der Waals surface area contributed by atoms with E-state index >= 15 is 0 Å². The molecule has 0 aromatic carbocycles. The fourth-order valence-corrected chi connectivity index (χ4v) is 2.25. The number of hydrogen-bond donors (Lipinski definition) is 1. The molecule has 0 spiro atoms. The van der Waals surface area contributed by atoms with Gasteiger partial charge in [-0.15, -0.1) is 0 Å². The lowest BCUT2D eigenvalue weighted by molar-refractivity contribution is 0.178. The molecule has 0 bridgehead atoms. The van der Waals surface area contributed by atoms with Gasteiger partial charge in [-0.2, -0.15) is 0 Å². The van der Waals surface area contributed by atoms with Gasteiger partial charge in [-0.1, -0.05) is 18.9 Å². The minimum absolute atomic E-state index is 0.535. The van der Waals surface area contributed by atoms with Crippen molar-refractivity contribution in [2.24, 2.45) is 0 Å². The summed E-state index contributed by atoms with van der Waals surface area (Å²) in [7, 11) is 0. The molecule has 1 atom stereocenters. The summed E-state index contributed by atoms with van der Waals surface area (Å²) in [5, 5.41) is 10.2. The molecule has 0 radical (unpaired) electrons. The number of allylic oxidation sites excluding steroid dienone is 1. The summed E-state index contributed by atoms with van der Waals surface area (Å²) in [4.78, 5) is 0. The second-order valence-electron chi connectivity index (χ2n) is 4.58. The van der Waals surface area contributed by atoms with Crippen molar-refractivity contribution < 1.29 is 9.52 Å². The van der Waals surface area contributed by atoms with Crippen LogP contribution in [0, 0.1) is 6.92 Å². The van der Waals surface area contributed by atoms with Gasteiger partial charge in [0.25, 0.3) is 0 Å².